The first-order chi connectivity index (χ1) is 8.65. The largest absolute Gasteiger partial charge is 0.342 e. The minimum absolute atomic E-state index is 0.0602. The number of aromatic nitrogens is 1. The average Bonchev–Trinajstić information content (AvgIpc) is 2.97. The lowest BCUT2D eigenvalue weighted by Crippen LogP contribution is -2.32. The van der Waals surface area contributed by atoms with E-state index in [9.17, 15) is 9.59 Å². The monoisotopic (exact) mass is 281 g/mol. The van der Waals surface area contributed by atoms with E-state index in [1.165, 1.54) is 22.7 Å². The van der Waals surface area contributed by atoms with Crippen molar-refractivity contribution in [1.82, 2.24) is 10.3 Å². The second kappa shape index (κ2) is 5.74. The number of carbonyl (C=O) groups excluding carboxylic acids is 2. The maximum absolute atomic E-state index is 11.6. The fourth-order valence-corrected chi connectivity index (χ4v) is 2.57. The van der Waals surface area contributed by atoms with Gasteiger partial charge in [-0.1, -0.05) is 6.07 Å². The molecule has 2 aromatic rings. The number of carbonyl (C=O) groups is 2. The maximum Gasteiger partial charge on any atom is 0.261 e. The van der Waals surface area contributed by atoms with Crippen molar-refractivity contribution in [2.45, 2.75) is 6.92 Å². The molecule has 2 N–H and O–H groups in total. The number of nitrogens with one attached hydrogen (secondary N) is 2. The van der Waals surface area contributed by atoms with Gasteiger partial charge in [-0.25, -0.2) is 4.98 Å². The van der Waals surface area contributed by atoms with Gasteiger partial charge in [0.2, 0.25) is 5.91 Å². The molecule has 5 nitrogen and oxygen atoms in total. The molecular weight excluding hydrogens is 270 g/mol. The average molecular weight is 281 g/mol. The summed E-state index contributed by atoms with van der Waals surface area (Å²) in [5, 5.41) is 9.37. The van der Waals surface area contributed by atoms with E-state index in [0.717, 1.165) is 5.69 Å². The van der Waals surface area contributed by atoms with Crippen molar-refractivity contribution in [3.05, 3.63) is 33.5 Å². The Morgan fingerprint density at radius 1 is 1.39 bits per heavy atom. The van der Waals surface area contributed by atoms with Gasteiger partial charge in [0, 0.05) is 5.38 Å². The summed E-state index contributed by atoms with van der Waals surface area (Å²) in [5.41, 5.74) is 0.859. The lowest BCUT2D eigenvalue weighted by Gasteiger charge is -2.03. The predicted molar refractivity (Wildman–Crippen MR) is 72.1 cm³/mol. The van der Waals surface area contributed by atoms with Crippen LogP contribution in [-0.2, 0) is 4.79 Å². The van der Waals surface area contributed by atoms with Gasteiger partial charge >= 0.3 is 0 Å². The van der Waals surface area contributed by atoms with Crippen molar-refractivity contribution >= 4 is 39.6 Å². The van der Waals surface area contributed by atoms with E-state index in [0.29, 0.717) is 10.0 Å². The number of nitrogens with zero attached hydrogens (tertiary/aromatic N) is 1. The van der Waals surface area contributed by atoms with Crippen LogP contribution in [0.4, 0.5) is 5.13 Å². The summed E-state index contributed by atoms with van der Waals surface area (Å²) >= 11 is 2.69. The third kappa shape index (κ3) is 3.38. The topological polar surface area (TPSA) is 71.1 Å². The number of thiazole rings is 1. The van der Waals surface area contributed by atoms with Crippen molar-refractivity contribution in [2.75, 3.05) is 11.9 Å². The predicted octanol–water partition coefficient (Wildman–Crippen LogP) is 1.88. The van der Waals surface area contributed by atoms with Gasteiger partial charge in [0.1, 0.15) is 0 Å². The van der Waals surface area contributed by atoms with Gasteiger partial charge in [-0.05, 0) is 18.4 Å². The van der Waals surface area contributed by atoms with Gasteiger partial charge in [0.25, 0.3) is 5.91 Å². The highest BCUT2D eigenvalue weighted by atomic mass is 32.1. The van der Waals surface area contributed by atoms with Crippen LogP contribution in [0.2, 0.25) is 0 Å². The van der Waals surface area contributed by atoms with Crippen molar-refractivity contribution in [1.29, 1.82) is 0 Å². The Hall–Kier alpha value is -1.73. The van der Waals surface area contributed by atoms with Crippen LogP contribution in [-0.4, -0.2) is 23.3 Å². The summed E-state index contributed by atoms with van der Waals surface area (Å²) in [4.78, 5) is 27.8. The number of hydrogen-bond acceptors (Lipinski definition) is 5. The first-order valence-electron chi connectivity index (χ1n) is 5.19. The van der Waals surface area contributed by atoms with E-state index >= 15 is 0 Å². The summed E-state index contributed by atoms with van der Waals surface area (Å²) in [6.45, 7) is 1.79. The molecule has 2 aromatic heterocycles. The van der Waals surface area contributed by atoms with Crippen LogP contribution in [0.1, 0.15) is 15.4 Å². The van der Waals surface area contributed by atoms with Gasteiger partial charge in [-0.3, -0.25) is 9.59 Å². The van der Waals surface area contributed by atoms with Crippen LogP contribution in [0.15, 0.2) is 22.9 Å². The summed E-state index contributed by atoms with van der Waals surface area (Å²) in [6.07, 6.45) is 0. The molecule has 0 aliphatic carbocycles. The third-order valence-electron chi connectivity index (χ3n) is 2.02. The molecule has 7 heteroatoms. The molecule has 0 saturated heterocycles. The summed E-state index contributed by atoms with van der Waals surface area (Å²) in [5.74, 6) is -0.523. The smallest absolute Gasteiger partial charge is 0.261 e. The number of amides is 2. The Kier molecular flexibility index (Phi) is 4.06. The molecular formula is C11H11N3O2S2. The van der Waals surface area contributed by atoms with Crippen molar-refractivity contribution in [3.8, 4) is 0 Å². The Morgan fingerprint density at radius 3 is 2.83 bits per heavy atom. The molecule has 18 heavy (non-hydrogen) atoms. The highest BCUT2D eigenvalue weighted by Crippen LogP contribution is 2.13. The molecule has 0 aliphatic rings. The standard InChI is InChI=1S/C11H11N3O2S2/c1-7-6-18-11(13-7)14-9(15)5-12-10(16)8-3-2-4-17-8/h2-4,6H,5H2,1H3,(H,12,16)(H,13,14,15). The van der Waals surface area contributed by atoms with Crippen molar-refractivity contribution < 1.29 is 9.59 Å². The molecule has 0 radical (unpaired) electrons. The Bertz CT molecular complexity index is 548. The van der Waals surface area contributed by atoms with Gasteiger partial charge in [0.05, 0.1) is 17.1 Å². The fraction of sp³-hybridized carbons (Fsp3) is 0.182. The Labute approximate surface area is 112 Å². The highest BCUT2D eigenvalue weighted by molar-refractivity contribution is 7.14. The molecule has 94 valence electrons. The molecule has 0 atom stereocenters. The van der Waals surface area contributed by atoms with Crippen LogP contribution in [0.3, 0.4) is 0 Å². The minimum Gasteiger partial charge on any atom is -0.342 e. The van der Waals surface area contributed by atoms with Crippen LogP contribution in [0.25, 0.3) is 0 Å². The van der Waals surface area contributed by atoms with Gasteiger partial charge in [0.15, 0.2) is 5.13 Å². The van der Waals surface area contributed by atoms with Gasteiger partial charge in [-0.15, -0.1) is 22.7 Å². The molecule has 0 unspecified atom stereocenters. The Morgan fingerprint density at radius 2 is 2.22 bits per heavy atom. The second-order valence-electron chi connectivity index (χ2n) is 3.50. The van der Waals surface area contributed by atoms with Crippen LogP contribution in [0, 0.1) is 6.92 Å². The van der Waals surface area contributed by atoms with E-state index in [-0.39, 0.29) is 18.4 Å². The van der Waals surface area contributed by atoms with Gasteiger partial charge in [-0.2, -0.15) is 0 Å². The zero-order valence-corrected chi connectivity index (χ0v) is 11.2. The number of hydrogen-bond donors (Lipinski definition) is 2. The molecule has 2 heterocycles. The Balaban J connectivity index is 1.80. The van der Waals surface area contributed by atoms with Crippen molar-refractivity contribution in [3.63, 3.8) is 0 Å². The fourth-order valence-electron chi connectivity index (χ4n) is 1.23. The molecule has 2 rings (SSSR count). The number of anilines is 1. The van der Waals surface area contributed by atoms with E-state index < -0.39 is 0 Å². The number of aryl methyl sites for hydroxylation is 1. The van der Waals surface area contributed by atoms with Crippen molar-refractivity contribution in [2.24, 2.45) is 0 Å². The molecule has 0 spiro atoms. The highest BCUT2D eigenvalue weighted by Gasteiger charge is 2.09. The zero-order chi connectivity index (χ0) is 13.0. The van der Waals surface area contributed by atoms with Crippen LogP contribution < -0.4 is 10.6 Å². The molecule has 0 aliphatic heterocycles. The molecule has 0 aromatic carbocycles. The first-order valence-corrected chi connectivity index (χ1v) is 6.95. The van der Waals surface area contributed by atoms with E-state index in [2.05, 4.69) is 15.6 Å². The zero-order valence-electron chi connectivity index (χ0n) is 9.60. The molecule has 0 fully saturated rings. The maximum atomic E-state index is 11.6. The quantitative estimate of drug-likeness (QED) is 0.899. The van der Waals surface area contributed by atoms with Gasteiger partial charge < -0.3 is 10.6 Å². The summed E-state index contributed by atoms with van der Waals surface area (Å²) < 4.78 is 0. The minimum atomic E-state index is -0.283. The summed E-state index contributed by atoms with van der Waals surface area (Å²) in [7, 11) is 0. The third-order valence-corrected chi connectivity index (χ3v) is 3.76. The van der Waals surface area contributed by atoms with E-state index in [4.69, 9.17) is 0 Å². The van der Waals surface area contributed by atoms with Crippen LogP contribution in [0.5, 0.6) is 0 Å². The first kappa shape index (κ1) is 12.7. The SMILES string of the molecule is Cc1csc(NC(=O)CNC(=O)c2cccs2)n1. The molecule has 0 saturated carbocycles. The lowest BCUT2D eigenvalue weighted by atomic mass is 10.4. The lowest BCUT2D eigenvalue weighted by molar-refractivity contribution is -0.115. The van der Waals surface area contributed by atoms with Crippen LogP contribution >= 0.6 is 22.7 Å². The molecule has 0 bridgehead atoms. The summed E-state index contributed by atoms with van der Waals surface area (Å²) in [6, 6.07) is 3.50. The number of thiophene rings is 1. The van der Waals surface area contributed by atoms with E-state index in [1.54, 1.807) is 12.1 Å². The second-order valence-corrected chi connectivity index (χ2v) is 5.31. The number of rotatable bonds is 4. The van der Waals surface area contributed by atoms with E-state index in [1.807, 2.05) is 17.7 Å². The molecule has 2 amide bonds. The normalized spacial score (nSPS) is 10.1.